The van der Waals surface area contributed by atoms with Crippen molar-refractivity contribution in [3.63, 3.8) is 0 Å². The molecule has 0 aliphatic heterocycles. The van der Waals surface area contributed by atoms with E-state index >= 15 is 0 Å². The molecule has 3 rings (SSSR count). The summed E-state index contributed by atoms with van der Waals surface area (Å²) >= 11 is 1.59. The van der Waals surface area contributed by atoms with E-state index in [1.165, 1.54) is 0 Å². The van der Waals surface area contributed by atoms with Gasteiger partial charge in [0.15, 0.2) is 10.9 Å². The van der Waals surface area contributed by atoms with Crippen LogP contribution in [0.15, 0.2) is 11.4 Å². The van der Waals surface area contributed by atoms with Gasteiger partial charge in [0.2, 0.25) is 0 Å². The van der Waals surface area contributed by atoms with Crippen molar-refractivity contribution in [2.75, 3.05) is 6.26 Å². The Morgan fingerprint density at radius 3 is 3.14 bits per heavy atom. The molecule has 0 radical (unpaired) electrons. The fraction of sp³-hybridized carbons (Fsp3) is 0.533. The second-order valence-corrected chi connectivity index (χ2v) is 6.63. The van der Waals surface area contributed by atoms with E-state index in [0.717, 1.165) is 41.4 Å². The van der Waals surface area contributed by atoms with Crippen molar-refractivity contribution in [3.8, 4) is 0 Å². The smallest absolute Gasteiger partial charge is 0.272 e. The Hall–Kier alpha value is -1.76. The molecular formula is C15H21N5OS. The molecule has 7 heteroatoms. The molecule has 0 saturated heterocycles. The van der Waals surface area contributed by atoms with Crippen LogP contribution in [0.4, 0.5) is 0 Å². The number of hydrogen-bond donors (Lipinski definition) is 2. The maximum absolute atomic E-state index is 12.4. The number of fused-ring (bicyclic) bond motifs is 1. The minimum absolute atomic E-state index is 0.112. The summed E-state index contributed by atoms with van der Waals surface area (Å²) in [7, 11) is 1.96. The monoisotopic (exact) mass is 319 g/mol. The van der Waals surface area contributed by atoms with Crippen LogP contribution in [-0.4, -0.2) is 31.9 Å². The molecule has 1 aliphatic carbocycles. The Labute approximate surface area is 134 Å². The number of hydrogen-bond acceptors (Lipinski definition) is 4. The Morgan fingerprint density at radius 2 is 2.41 bits per heavy atom. The quantitative estimate of drug-likeness (QED) is 0.844. The SMILES string of the molecule is CSc1ncc(CNC(=O)c2n[nH]c3c2C[C@@H](C)CC3)n1C. The summed E-state index contributed by atoms with van der Waals surface area (Å²) in [6, 6.07) is 0. The lowest BCUT2D eigenvalue weighted by molar-refractivity contribution is 0.0944. The van der Waals surface area contributed by atoms with Crippen LogP contribution < -0.4 is 5.32 Å². The summed E-state index contributed by atoms with van der Waals surface area (Å²) in [5.74, 6) is 0.497. The van der Waals surface area contributed by atoms with Crippen LogP contribution in [0.3, 0.4) is 0 Å². The molecule has 0 spiro atoms. The minimum Gasteiger partial charge on any atom is -0.345 e. The molecule has 0 unspecified atom stereocenters. The van der Waals surface area contributed by atoms with Crippen molar-refractivity contribution >= 4 is 17.7 Å². The van der Waals surface area contributed by atoms with E-state index in [-0.39, 0.29) is 5.91 Å². The number of nitrogens with one attached hydrogen (secondary N) is 2. The molecule has 0 fully saturated rings. The number of H-pyrrole nitrogens is 1. The topological polar surface area (TPSA) is 75.6 Å². The zero-order valence-electron chi connectivity index (χ0n) is 13.1. The number of thioether (sulfide) groups is 1. The third-order valence-electron chi connectivity index (χ3n) is 4.26. The Balaban J connectivity index is 1.70. The van der Waals surface area contributed by atoms with Gasteiger partial charge >= 0.3 is 0 Å². The van der Waals surface area contributed by atoms with Crippen LogP contribution in [0.1, 0.15) is 40.8 Å². The minimum atomic E-state index is -0.112. The van der Waals surface area contributed by atoms with E-state index in [4.69, 9.17) is 0 Å². The van der Waals surface area contributed by atoms with Crippen LogP contribution >= 0.6 is 11.8 Å². The van der Waals surface area contributed by atoms with Gasteiger partial charge in [0.05, 0.1) is 18.4 Å². The van der Waals surface area contributed by atoms with Gasteiger partial charge in [-0.2, -0.15) is 5.10 Å². The highest BCUT2D eigenvalue weighted by atomic mass is 32.2. The third kappa shape index (κ3) is 2.77. The van der Waals surface area contributed by atoms with Crippen molar-refractivity contribution in [3.05, 3.63) is 28.8 Å². The standard InChI is InChI=1S/C15H21N5OS/c1-9-4-5-12-11(6-9)13(19-18-12)14(21)16-7-10-8-17-15(22-3)20(10)2/h8-9H,4-7H2,1-3H3,(H,16,21)(H,18,19)/t9-/m0/s1. The molecule has 2 N–H and O–H groups in total. The van der Waals surface area contributed by atoms with Gasteiger partial charge in [-0.15, -0.1) is 0 Å². The van der Waals surface area contributed by atoms with Gasteiger partial charge in [-0.05, 0) is 31.4 Å². The van der Waals surface area contributed by atoms with E-state index in [2.05, 4.69) is 27.4 Å². The molecule has 2 aromatic rings. The van der Waals surface area contributed by atoms with Crippen LogP contribution in [0.2, 0.25) is 0 Å². The van der Waals surface area contributed by atoms with Gasteiger partial charge < -0.3 is 9.88 Å². The lowest BCUT2D eigenvalue weighted by Gasteiger charge is -2.18. The molecule has 2 aromatic heterocycles. The van der Waals surface area contributed by atoms with Crippen LogP contribution in [0.5, 0.6) is 0 Å². The second-order valence-electron chi connectivity index (χ2n) is 5.86. The number of aromatic nitrogens is 4. The van der Waals surface area contributed by atoms with Crippen molar-refractivity contribution in [2.24, 2.45) is 13.0 Å². The number of aromatic amines is 1. The third-order valence-corrected chi connectivity index (χ3v) is 5.01. The number of aryl methyl sites for hydroxylation is 1. The number of nitrogens with zero attached hydrogens (tertiary/aromatic N) is 3. The molecule has 0 saturated carbocycles. The van der Waals surface area contributed by atoms with E-state index < -0.39 is 0 Å². The highest BCUT2D eigenvalue weighted by Crippen LogP contribution is 2.26. The zero-order valence-corrected chi connectivity index (χ0v) is 14.0. The molecule has 6 nitrogen and oxygen atoms in total. The van der Waals surface area contributed by atoms with Crippen molar-refractivity contribution in [2.45, 2.75) is 37.9 Å². The molecule has 0 bridgehead atoms. The second kappa shape index (κ2) is 6.16. The largest absolute Gasteiger partial charge is 0.345 e. The van der Waals surface area contributed by atoms with Crippen LogP contribution in [0.25, 0.3) is 0 Å². The first-order valence-electron chi connectivity index (χ1n) is 7.49. The van der Waals surface area contributed by atoms with Crippen LogP contribution in [0, 0.1) is 5.92 Å². The lowest BCUT2D eigenvalue weighted by atomic mass is 9.87. The van der Waals surface area contributed by atoms with E-state index in [1.54, 1.807) is 18.0 Å². The van der Waals surface area contributed by atoms with Gasteiger partial charge in [0.1, 0.15) is 0 Å². The first kappa shape index (κ1) is 15.1. The molecular weight excluding hydrogens is 298 g/mol. The van der Waals surface area contributed by atoms with E-state index in [9.17, 15) is 4.79 Å². The van der Waals surface area contributed by atoms with E-state index in [0.29, 0.717) is 18.2 Å². The maximum Gasteiger partial charge on any atom is 0.272 e. The Kier molecular flexibility index (Phi) is 4.24. The summed E-state index contributed by atoms with van der Waals surface area (Å²) in [4.78, 5) is 16.7. The van der Waals surface area contributed by atoms with Gasteiger partial charge in [0, 0.05) is 18.3 Å². The predicted octanol–water partition coefficient (Wildman–Crippen LogP) is 1.92. The number of imidazole rings is 1. The number of carbonyl (C=O) groups is 1. The van der Waals surface area contributed by atoms with Crippen molar-refractivity contribution in [1.29, 1.82) is 0 Å². The Morgan fingerprint density at radius 1 is 1.59 bits per heavy atom. The number of rotatable bonds is 4. The average molecular weight is 319 g/mol. The summed E-state index contributed by atoms with van der Waals surface area (Å²) in [6.45, 7) is 2.68. The van der Waals surface area contributed by atoms with Gasteiger partial charge in [-0.3, -0.25) is 9.89 Å². The van der Waals surface area contributed by atoms with Gasteiger partial charge in [-0.1, -0.05) is 18.7 Å². The maximum atomic E-state index is 12.4. The van der Waals surface area contributed by atoms with Crippen molar-refractivity contribution in [1.82, 2.24) is 25.1 Å². The van der Waals surface area contributed by atoms with Gasteiger partial charge in [0.25, 0.3) is 5.91 Å². The fourth-order valence-electron chi connectivity index (χ4n) is 2.89. The van der Waals surface area contributed by atoms with Gasteiger partial charge in [-0.25, -0.2) is 4.98 Å². The van der Waals surface area contributed by atoms with Crippen LogP contribution in [-0.2, 0) is 26.4 Å². The first-order valence-corrected chi connectivity index (χ1v) is 8.71. The molecule has 22 heavy (non-hydrogen) atoms. The molecule has 1 atom stereocenters. The molecule has 118 valence electrons. The molecule has 2 heterocycles. The molecule has 0 aromatic carbocycles. The summed E-state index contributed by atoms with van der Waals surface area (Å²) in [5, 5.41) is 11.1. The lowest BCUT2D eigenvalue weighted by Crippen LogP contribution is -2.26. The normalized spacial score (nSPS) is 17.3. The highest BCUT2D eigenvalue weighted by molar-refractivity contribution is 7.98. The summed E-state index contributed by atoms with van der Waals surface area (Å²) in [6.07, 6.45) is 6.85. The Bertz CT molecular complexity index is 690. The average Bonchev–Trinajstić information content (AvgIpc) is 3.08. The predicted molar refractivity (Wildman–Crippen MR) is 85.9 cm³/mol. The highest BCUT2D eigenvalue weighted by Gasteiger charge is 2.24. The first-order chi connectivity index (χ1) is 10.6. The number of amides is 1. The fourth-order valence-corrected chi connectivity index (χ4v) is 3.44. The molecule has 1 aliphatic rings. The number of carbonyl (C=O) groups excluding carboxylic acids is 1. The molecule has 1 amide bonds. The van der Waals surface area contributed by atoms with Crippen molar-refractivity contribution < 1.29 is 4.79 Å². The zero-order chi connectivity index (χ0) is 15.7. The van der Waals surface area contributed by atoms with E-state index in [1.807, 2.05) is 17.9 Å². The summed E-state index contributed by atoms with van der Waals surface area (Å²) in [5.41, 5.74) is 3.74. The summed E-state index contributed by atoms with van der Waals surface area (Å²) < 4.78 is 1.99.